The lowest BCUT2D eigenvalue weighted by Gasteiger charge is -2.25. The van der Waals surface area contributed by atoms with Crippen molar-refractivity contribution in [3.8, 4) is 0 Å². The Morgan fingerprint density at radius 1 is 0.583 bits per heavy atom. The third-order valence-corrected chi connectivity index (χ3v) is 11.4. The number of carbonyl (C=O) groups excluding carboxylic acids is 1. The second-order valence-electron chi connectivity index (χ2n) is 17.4. The number of nitrogens with one attached hydrogen (secondary N) is 1. The number of hydrogen-bond acceptors (Lipinski definition) is 5. The van der Waals surface area contributed by atoms with Gasteiger partial charge in [-0.2, -0.15) is 0 Å². The van der Waals surface area contributed by atoms with E-state index >= 15 is 0 Å². The fourth-order valence-corrected chi connectivity index (χ4v) is 7.31. The van der Waals surface area contributed by atoms with Crippen molar-refractivity contribution in [2.45, 2.75) is 206 Å². The highest BCUT2D eigenvalue weighted by Crippen LogP contribution is 2.43. The highest BCUT2D eigenvalue weighted by atomic mass is 31.2. The molecule has 9 heteroatoms. The standard InChI is InChI=1S/C51H93N2O6P/c1-6-8-10-12-14-16-18-20-22-24-25-26-27-29-30-32-34-36-38-40-42-44-50(54)49(48-59-60(56,57)58-47-46-53(3,4)5)52-51(55)45-43-41-39-37-35-33-31-28-23-21-19-17-15-13-11-9-7-2/h9,11,15,17,21,23,31,33-34,36,42,44,49-50,54H,6-8,10,12-14,16,18-20,22,24-30,32,35,37-41,43,45-48H2,1-5H3,(H-,52,55,56,57)/p+1/b11-9-,17-15-,23-21-,33-31-,36-34+,44-42+. The van der Waals surface area contributed by atoms with Crippen LogP contribution in [-0.2, 0) is 18.4 Å². The molecule has 0 saturated carbocycles. The summed E-state index contributed by atoms with van der Waals surface area (Å²) in [5.41, 5.74) is 0. The minimum atomic E-state index is -4.36. The molecule has 0 aliphatic rings. The van der Waals surface area contributed by atoms with Crippen molar-refractivity contribution < 1.29 is 32.9 Å². The Hall–Kier alpha value is -2.06. The maximum atomic E-state index is 12.9. The van der Waals surface area contributed by atoms with Crippen molar-refractivity contribution in [2.75, 3.05) is 40.9 Å². The average molecular weight is 862 g/mol. The summed E-state index contributed by atoms with van der Waals surface area (Å²) in [7, 11) is 1.53. The van der Waals surface area contributed by atoms with Crippen LogP contribution >= 0.6 is 7.82 Å². The molecular formula is C51H94N2O6P+. The second-order valence-corrected chi connectivity index (χ2v) is 18.9. The van der Waals surface area contributed by atoms with E-state index in [9.17, 15) is 19.4 Å². The Labute approximate surface area is 370 Å². The number of amides is 1. The van der Waals surface area contributed by atoms with E-state index in [2.05, 4.69) is 79.9 Å². The number of aliphatic hydroxyl groups excluding tert-OH is 1. The fraction of sp³-hybridized carbons (Fsp3) is 0.745. The lowest BCUT2D eigenvalue weighted by molar-refractivity contribution is -0.870. The summed E-state index contributed by atoms with van der Waals surface area (Å²) < 4.78 is 23.6. The molecular weight excluding hydrogens is 768 g/mol. The van der Waals surface area contributed by atoms with Crippen LogP contribution in [0, 0.1) is 0 Å². The van der Waals surface area contributed by atoms with Gasteiger partial charge in [0.05, 0.1) is 39.9 Å². The van der Waals surface area contributed by atoms with Gasteiger partial charge in [0.2, 0.25) is 5.91 Å². The smallest absolute Gasteiger partial charge is 0.387 e. The number of phosphoric acid groups is 1. The second kappa shape index (κ2) is 42.3. The molecule has 0 heterocycles. The molecule has 0 saturated heterocycles. The Bertz CT molecular complexity index is 1200. The molecule has 60 heavy (non-hydrogen) atoms. The topological polar surface area (TPSA) is 105 Å². The molecule has 0 bridgehead atoms. The molecule has 0 radical (unpaired) electrons. The Kier molecular flexibility index (Phi) is 40.8. The summed E-state index contributed by atoms with van der Waals surface area (Å²) in [6.45, 7) is 4.65. The minimum absolute atomic E-state index is 0.0476. The molecule has 1 amide bonds. The fourth-order valence-electron chi connectivity index (χ4n) is 6.58. The van der Waals surface area contributed by atoms with Gasteiger partial charge in [-0.25, -0.2) is 4.57 Å². The first-order valence-corrected chi connectivity index (χ1v) is 25.8. The average Bonchev–Trinajstić information content (AvgIpc) is 3.20. The summed E-state index contributed by atoms with van der Waals surface area (Å²) in [6.07, 6.45) is 57.0. The van der Waals surface area contributed by atoms with Gasteiger partial charge < -0.3 is 19.8 Å². The van der Waals surface area contributed by atoms with E-state index in [0.717, 1.165) is 77.0 Å². The van der Waals surface area contributed by atoms with Gasteiger partial charge in [-0.15, -0.1) is 0 Å². The van der Waals surface area contributed by atoms with E-state index in [0.29, 0.717) is 17.4 Å². The molecule has 3 N–H and O–H groups in total. The first-order valence-electron chi connectivity index (χ1n) is 24.3. The van der Waals surface area contributed by atoms with E-state index in [1.807, 2.05) is 27.2 Å². The molecule has 0 spiro atoms. The van der Waals surface area contributed by atoms with Crippen LogP contribution in [0.15, 0.2) is 72.9 Å². The minimum Gasteiger partial charge on any atom is -0.387 e. The highest BCUT2D eigenvalue weighted by molar-refractivity contribution is 7.47. The van der Waals surface area contributed by atoms with Crippen LogP contribution in [0.5, 0.6) is 0 Å². The molecule has 0 aromatic heterocycles. The molecule has 3 atom stereocenters. The van der Waals surface area contributed by atoms with Crippen molar-refractivity contribution in [1.82, 2.24) is 5.32 Å². The lowest BCUT2D eigenvalue weighted by atomic mass is 10.0. The molecule has 348 valence electrons. The van der Waals surface area contributed by atoms with Gasteiger partial charge in [-0.05, 0) is 70.6 Å². The number of carbonyl (C=O) groups is 1. The molecule has 0 aliphatic heterocycles. The predicted molar refractivity (Wildman–Crippen MR) is 258 cm³/mol. The van der Waals surface area contributed by atoms with Crippen LogP contribution < -0.4 is 5.32 Å². The number of likely N-dealkylation sites (N-methyl/N-ethyl adjacent to an activating group) is 1. The van der Waals surface area contributed by atoms with Crippen molar-refractivity contribution in [3.05, 3.63) is 72.9 Å². The van der Waals surface area contributed by atoms with Crippen molar-refractivity contribution in [3.63, 3.8) is 0 Å². The maximum Gasteiger partial charge on any atom is 0.472 e. The van der Waals surface area contributed by atoms with E-state index in [1.165, 1.54) is 96.3 Å². The number of aliphatic hydroxyl groups is 1. The molecule has 0 rings (SSSR count). The van der Waals surface area contributed by atoms with Gasteiger partial charge in [0, 0.05) is 6.42 Å². The quantitative estimate of drug-likeness (QED) is 0.0244. The molecule has 0 aromatic rings. The molecule has 8 nitrogen and oxygen atoms in total. The van der Waals surface area contributed by atoms with Gasteiger partial charge >= 0.3 is 7.82 Å². The first-order chi connectivity index (χ1) is 29.0. The SMILES string of the molecule is CC/C=C\C/C=C\C/C=C\C/C=C\CCCCCCC(=O)NC(COP(=O)(O)OCC[N+](C)(C)C)C(O)/C=C/CC/C=C/CCCCCCCCCCCCCCCCC. The summed E-state index contributed by atoms with van der Waals surface area (Å²) in [4.78, 5) is 23.2. The maximum absolute atomic E-state index is 12.9. The van der Waals surface area contributed by atoms with Crippen molar-refractivity contribution in [2.24, 2.45) is 0 Å². The highest BCUT2D eigenvalue weighted by Gasteiger charge is 2.27. The zero-order chi connectivity index (χ0) is 44.3. The zero-order valence-electron chi connectivity index (χ0n) is 39.4. The summed E-state index contributed by atoms with van der Waals surface area (Å²) in [6, 6.07) is -0.880. The normalized spacial score (nSPS) is 14.8. The monoisotopic (exact) mass is 862 g/mol. The summed E-state index contributed by atoms with van der Waals surface area (Å²) in [5, 5.41) is 13.8. The number of nitrogens with zero attached hydrogens (tertiary/aromatic N) is 1. The van der Waals surface area contributed by atoms with Crippen LogP contribution in [0.4, 0.5) is 0 Å². The van der Waals surface area contributed by atoms with Crippen LogP contribution in [0.3, 0.4) is 0 Å². The van der Waals surface area contributed by atoms with Gasteiger partial charge in [-0.3, -0.25) is 13.8 Å². The van der Waals surface area contributed by atoms with Crippen molar-refractivity contribution >= 4 is 13.7 Å². The number of unbranched alkanes of at least 4 members (excludes halogenated alkanes) is 20. The van der Waals surface area contributed by atoms with Gasteiger partial charge in [0.25, 0.3) is 0 Å². The third-order valence-electron chi connectivity index (χ3n) is 10.4. The number of quaternary nitrogens is 1. The Morgan fingerprint density at radius 2 is 1.02 bits per heavy atom. The van der Waals surface area contributed by atoms with Crippen LogP contribution in [0.2, 0.25) is 0 Å². The predicted octanol–water partition coefficient (Wildman–Crippen LogP) is 14.0. The van der Waals surface area contributed by atoms with Crippen molar-refractivity contribution in [1.29, 1.82) is 0 Å². The number of phosphoric ester groups is 1. The van der Waals surface area contributed by atoms with E-state index < -0.39 is 20.0 Å². The van der Waals surface area contributed by atoms with Crippen LogP contribution in [0.1, 0.15) is 194 Å². The van der Waals surface area contributed by atoms with E-state index in [-0.39, 0.29) is 19.1 Å². The largest absolute Gasteiger partial charge is 0.472 e. The van der Waals surface area contributed by atoms with E-state index in [1.54, 1.807) is 6.08 Å². The lowest BCUT2D eigenvalue weighted by Crippen LogP contribution is -2.45. The number of hydrogen-bond donors (Lipinski definition) is 3. The molecule has 3 unspecified atom stereocenters. The van der Waals surface area contributed by atoms with E-state index in [4.69, 9.17) is 9.05 Å². The molecule has 0 aliphatic carbocycles. The van der Waals surface area contributed by atoms with Gasteiger partial charge in [0.15, 0.2) is 0 Å². The first kappa shape index (κ1) is 57.9. The summed E-state index contributed by atoms with van der Waals surface area (Å²) >= 11 is 0. The molecule has 0 fully saturated rings. The zero-order valence-corrected chi connectivity index (χ0v) is 40.3. The molecule has 0 aromatic carbocycles. The Balaban J connectivity index is 4.45. The van der Waals surface area contributed by atoms with Crippen LogP contribution in [-0.4, -0.2) is 73.4 Å². The van der Waals surface area contributed by atoms with Gasteiger partial charge in [0.1, 0.15) is 13.2 Å². The Morgan fingerprint density at radius 3 is 1.53 bits per heavy atom. The third kappa shape index (κ3) is 44.0. The number of allylic oxidation sites excluding steroid dienone is 11. The van der Waals surface area contributed by atoms with Gasteiger partial charge in [-0.1, -0.05) is 189 Å². The number of rotatable bonds is 43. The summed E-state index contributed by atoms with van der Waals surface area (Å²) in [5.74, 6) is -0.213. The van der Waals surface area contributed by atoms with Crippen LogP contribution in [0.25, 0.3) is 0 Å².